The second-order valence-electron chi connectivity index (χ2n) is 3.19. The minimum absolute atomic E-state index is 0.577. The van der Waals surface area contributed by atoms with Crippen molar-refractivity contribution in [2.45, 2.75) is 39.8 Å². The summed E-state index contributed by atoms with van der Waals surface area (Å²) in [5, 5.41) is 0. The maximum absolute atomic E-state index is 2.22. The molecule has 1 heterocycles. The molecule has 2 nitrogen and oxygen atoms in total. The Morgan fingerprint density at radius 2 is 2.18 bits per heavy atom. The molecule has 0 radical (unpaired) electrons. The first-order valence-corrected chi connectivity index (χ1v) is 4.30. The Bertz CT molecular complexity index is 213. The number of hydrogen-bond donors (Lipinski definition) is 0. The van der Waals surface area contributed by atoms with E-state index in [1.165, 1.54) is 6.42 Å². The molecule has 0 saturated carbocycles. The summed E-state index contributed by atoms with van der Waals surface area (Å²) in [7, 11) is 0. The highest BCUT2D eigenvalue weighted by Gasteiger charge is 2.04. The van der Waals surface area contributed by atoms with Crippen LogP contribution in [0.25, 0.3) is 0 Å². The molecule has 0 bridgehead atoms. The first kappa shape index (κ1) is 8.31. The summed E-state index contributed by atoms with van der Waals surface area (Å²) in [6.07, 6.45) is 7.62. The highest BCUT2D eigenvalue weighted by molar-refractivity contribution is 4.69. The second-order valence-corrected chi connectivity index (χ2v) is 3.19. The first-order valence-electron chi connectivity index (χ1n) is 4.30. The average Bonchev–Trinajstić information content (AvgIpc) is 2.37. The van der Waals surface area contributed by atoms with Crippen LogP contribution in [0.5, 0.6) is 0 Å². The van der Waals surface area contributed by atoms with Gasteiger partial charge in [-0.1, -0.05) is 6.92 Å². The summed E-state index contributed by atoms with van der Waals surface area (Å²) in [5.41, 5.74) is 0. The van der Waals surface area contributed by atoms with Crippen LogP contribution in [-0.2, 0) is 6.54 Å². The highest BCUT2D eigenvalue weighted by Crippen LogP contribution is 1.99. The van der Waals surface area contributed by atoms with Crippen molar-refractivity contribution in [2.24, 2.45) is 0 Å². The number of nitrogens with zero attached hydrogens (tertiary/aromatic N) is 2. The van der Waals surface area contributed by atoms with Gasteiger partial charge in [-0.15, -0.1) is 0 Å². The largest absolute Gasteiger partial charge is 0.243 e. The third kappa shape index (κ3) is 2.07. The number of aryl methyl sites for hydroxylation is 1. The van der Waals surface area contributed by atoms with Gasteiger partial charge in [-0.05, 0) is 20.3 Å². The molecular formula is C9H17N2+. The van der Waals surface area contributed by atoms with Crippen LogP contribution < -0.4 is 4.57 Å². The smallest absolute Gasteiger partial charge is 0.237 e. The molecule has 0 unspecified atom stereocenters. The van der Waals surface area contributed by atoms with E-state index in [2.05, 4.69) is 48.6 Å². The number of hydrogen-bond acceptors (Lipinski definition) is 0. The summed E-state index contributed by atoms with van der Waals surface area (Å²) >= 11 is 0. The van der Waals surface area contributed by atoms with E-state index in [0.29, 0.717) is 6.04 Å². The Labute approximate surface area is 68.5 Å². The van der Waals surface area contributed by atoms with E-state index in [1.807, 2.05) is 0 Å². The zero-order valence-corrected chi connectivity index (χ0v) is 7.62. The summed E-state index contributed by atoms with van der Waals surface area (Å²) in [6.45, 7) is 7.70. The summed E-state index contributed by atoms with van der Waals surface area (Å²) < 4.78 is 4.44. The first-order chi connectivity index (χ1) is 5.24. The van der Waals surface area contributed by atoms with Crippen LogP contribution in [0.2, 0.25) is 0 Å². The molecule has 0 aliphatic rings. The van der Waals surface area contributed by atoms with Crippen molar-refractivity contribution in [3.05, 3.63) is 18.7 Å². The standard InChI is InChI=1S/C9H17N2/c1-4-5-10-6-7-11(8-10)9(2)3/h6-9H,4-5H2,1-3H3/q+1. The van der Waals surface area contributed by atoms with Crippen LogP contribution >= 0.6 is 0 Å². The van der Waals surface area contributed by atoms with Gasteiger partial charge in [-0.3, -0.25) is 0 Å². The van der Waals surface area contributed by atoms with Gasteiger partial charge in [0.1, 0.15) is 12.4 Å². The van der Waals surface area contributed by atoms with Crippen LogP contribution in [-0.4, -0.2) is 4.57 Å². The molecule has 1 aromatic rings. The highest BCUT2D eigenvalue weighted by atomic mass is 15.1. The molecule has 0 aliphatic carbocycles. The van der Waals surface area contributed by atoms with Gasteiger partial charge >= 0.3 is 0 Å². The van der Waals surface area contributed by atoms with Crippen molar-refractivity contribution < 1.29 is 4.57 Å². The minimum atomic E-state index is 0.577. The lowest BCUT2D eigenvalue weighted by Gasteiger charge is -1.96. The van der Waals surface area contributed by atoms with Crippen molar-refractivity contribution in [2.75, 3.05) is 0 Å². The lowest BCUT2D eigenvalue weighted by atomic mass is 10.4. The normalized spacial score (nSPS) is 10.9. The van der Waals surface area contributed by atoms with Crippen molar-refractivity contribution in [3.8, 4) is 0 Å². The van der Waals surface area contributed by atoms with E-state index in [0.717, 1.165) is 6.54 Å². The monoisotopic (exact) mass is 153 g/mol. The average molecular weight is 153 g/mol. The molecule has 0 fully saturated rings. The molecule has 0 atom stereocenters. The summed E-state index contributed by atoms with van der Waals surface area (Å²) in [6, 6.07) is 0.577. The Morgan fingerprint density at radius 3 is 2.64 bits per heavy atom. The molecule has 0 N–H and O–H groups in total. The minimum Gasteiger partial charge on any atom is -0.237 e. The van der Waals surface area contributed by atoms with E-state index in [1.54, 1.807) is 0 Å². The van der Waals surface area contributed by atoms with Crippen molar-refractivity contribution in [1.29, 1.82) is 0 Å². The molecule has 1 rings (SSSR count). The van der Waals surface area contributed by atoms with Crippen LogP contribution in [0, 0.1) is 0 Å². The Balaban J connectivity index is 2.66. The molecule has 0 aromatic carbocycles. The second kappa shape index (κ2) is 3.56. The quantitative estimate of drug-likeness (QED) is 0.585. The van der Waals surface area contributed by atoms with Crippen molar-refractivity contribution in [1.82, 2.24) is 4.57 Å². The molecule has 11 heavy (non-hydrogen) atoms. The van der Waals surface area contributed by atoms with Gasteiger partial charge in [0, 0.05) is 0 Å². The van der Waals surface area contributed by atoms with Gasteiger partial charge in [-0.2, -0.15) is 0 Å². The fraction of sp³-hybridized carbons (Fsp3) is 0.667. The van der Waals surface area contributed by atoms with Crippen molar-refractivity contribution >= 4 is 0 Å². The van der Waals surface area contributed by atoms with Gasteiger partial charge in [0.15, 0.2) is 0 Å². The molecule has 1 aromatic heterocycles. The van der Waals surface area contributed by atoms with E-state index < -0.39 is 0 Å². The van der Waals surface area contributed by atoms with Crippen LogP contribution in [0.3, 0.4) is 0 Å². The van der Waals surface area contributed by atoms with E-state index in [4.69, 9.17) is 0 Å². The molecule has 0 amide bonds. The fourth-order valence-corrected chi connectivity index (χ4v) is 1.11. The van der Waals surface area contributed by atoms with Crippen molar-refractivity contribution in [3.63, 3.8) is 0 Å². The fourth-order valence-electron chi connectivity index (χ4n) is 1.11. The number of imidazole rings is 1. The zero-order valence-electron chi connectivity index (χ0n) is 7.62. The van der Waals surface area contributed by atoms with E-state index in [-0.39, 0.29) is 0 Å². The molecule has 0 spiro atoms. The Morgan fingerprint density at radius 1 is 1.45 bits per heavy atom. The SMILES string of the molecule is CCC[n+]1ccn(C(C)C)c1. The topological polar surface area (TPSA) is 8.81 Å². The molecule has 62 valence electrons. The maximum Gasteiger partial charge on any atom is 0.243 e. The molecule has 2 heteroatoms. The van der Waals surface area contributed by atoms with Crippen LogP contribution in [0.4, 0.5) is 0 Å². The molecule has 0 saturated heterocycles. The lowest BCUT2D eigenvalue weighted by molar-refractivity contribution is -0.696. The van der Waals surface area contributed by atoms with E-state index in [9.17, 15) is 0 Å². The Hall–Kier alpha value is -0.790. The number of aromatic nitrogens is 2. The van der Waals surface area contributed by atoms with Gasteiger partial charge < -0.3 is 0 Å². The van der Waals surface area contributed by atoms with Crippen LogP contribution in [0.1, 0.15) is 33.2 Å². The summed E-state index contributed by atoms with van der Waals surface area (Å²) in [4.78, 5) is 0. The maximum atomic E-state index is 2.22. The molecular weight excluding hydrogens is 136 g/mol. The Kier molecular flexibility index (Phi) is 2.69. The third-order valence-corrected chi connectivity index (χ3v) is 1.79. The predicted molar refractivity (Wildman–Crippen MR) is 45.3 cm³/mol. The van der Waals surface area contributed by atoms with Gasteiger partial charge in [0.25, 0.3) is 0 Å². The van der Waals surface area contributed by atoms with Gasteiger partial charge in [0.05, 0.1) is 12.6 Å². The van der Waals surface area contributed by atoms with E-state index >= 15 is 0 Å². The predicted octanol–water partition coefficient (Wildman–Crippen LogP) is 1.77. The van der Waals surface area contributed by atoms with Gasteiger partial charge in [-0.25, -0.2) is 9.13 Å². The third-order valence-electron chi connectivity index (χ3n) is 1.79. The zero-order chi connectivity index (χ0) is 8.27. The molecule has 0 aliphatic heterocycles. The van der Waals surface area contributed by atoms with Crippen LogP contribution in [0.15, 0.2) is 18.7 Å². The van der Waals surface area contributed by atoms with Gasteiger partial charge in [0.2, 0.25) is 6.33 Å². The number of rotatable bonds is 3. The summed E-state index contributed by atoms with van der Waals surface area (Å²) in [5.74, 6) is 0. The lowest BCUT2D eigenvalue weighted by Crippen LogP contribution is -2.30.